The Morgan fingerprint density at radius 2 is 1.88 bits per heavy atom. The van der Waals surface area contributed by atoms with Crippen LogP contribution < -0.4 is 10.6 Å². The van der Waals surface area contributed by atoms with Crippen molar-refractivity contribution in [1.82, 2.24) is 15.5 Å². The van der Waals surface area contributed by atoms with Gasteiger partial charge in [0.15, 0.2) is 0 Å². The van der Waals surface area contributed by atoms with Crippen LogP contribution in [0.1, 0.15) is 22.0 Å². The number of carbonyl (C=O) groups excluding carboxylic acids is 1. The number of hydrogen-bond donors (Lipinski definition) is 2. The highest BCUT2D eigenvalue weighted by Crippen LogP contribution is 2.26. The molecule has 0 spiro atoms. The largest absolute Gasteiger partial charge is 0.343 e. The van der Waals surface area contributed by atoms with Gasteiger partial charge in [-0.05, 0) is 23.9 Å². The minimum absolute atomic E-state index is 0. The van der Waals surface area contributed by atoms with E-state index in [2.05, 4.69) is 58.2 Å². The molecule has 0 saturated carbocycles. The molecule has 1 aliphatic heterocycles. The molecule has 1 amide bonds. The quantitative estimate of drug-likeness (QED) is 0.808. The summed E-state index contributed by atoms with van der Waals surface area (Å²) in [5, 5.41) is 8.58. The van der Waals surface area contributed by atoms with Gasteiger partial charge < -0.3 is 10.6 Å². The minimum Gasteiger partial charge on any atom is -0.343 e. The Morgan fingerprint density at radius 1 is 1.20 bits per heavy atom. The van der Waals surface area contributed by atoms with Crippen molar-refractivity contribution >= 4 is 42.1 Å². The molecule has 7 heteroatoms. The summed E-state index contributed by atoms with van der Waals surface area (Å²) in [6.45, 7) is 6.32. The Morgan fingerprint density at radius 3 is 2.48 bits per heavy atom. The average molecular weight is 402 g/mol. The summed E-state index contributed by atoms with van der Waals surface area (Å²) in [4.78, 5) is 15.9. The third-order valence-corrected chi connectivity index (χ3v) is 5.06. The first-order valence-corrected chi connectivity index (χ1v) is 8.93. The van der Waals surface area contributed by atoms with Gasteiger partial charge in [-0.1, -0.05) is 35.9 Å². The molecular weight excluding hydrogens is 377 g/mol. The second-order valence-corrected chi connectivity index (χ2v) is 6.93. The van der Waals surface area contributed by atoms with E-state index in [1.54, 1.807) is 11.3 Å². The maximum absolute atomic E-state index is 12.5. The number of nitrogens with one attached hydrogen (secondary N) is 2. The number of hydrogen-bond acceptors (Lipinski definition) is 4. The molecule has 1 unspecified atom stereocenters. The highest BCUT2D eigenvalue weighted by Gasteiger charge is 2.20. The van der Waals surface area contributed by atoms with Crippen molar-refractivity contribution in [3.05, 3.63) is 57.8 Å². The van der Waals surface area contributed by atoms with Crippen molar-refractivity contribution in [2.24, 2.45) is 0 Å². The molecule has 1 aromatic heterocycles. The van der Waals surface area contributed by atoms with Crippen molar-refractivity contribution in [2.75, 3.05) is 32.7 Å². The van der Waals surface area contributed by atoms with E-state index in [1.807, 2.05) is 6.07 Å². The number of thiophene rings is 1. The molecule has 1 aliphatic rings. The normalized spacial score (nSPS) is 15.6. The summed E-state index contributed by atoms with van der Waals surface area (Å²) < 4.78 is 0. The zero-order valence-electron chi connectivity index (χ0n) is 14.2. The monoisotopic (exact) mass is 401 g/mol. The van der Waals surface area contributed by atoms with Gasteiger partial charge in [-0.15, -0.1) is 36.2 Å². The Bertz CT molecular complexity index is 628. The van der Waals surface area contributed by atoms with Crippen LogP contribution >= 0.6 is 36.2 Å². The second-order valence-electron chi connectivity index (χ2n) is 5.95. The molecule has 2 aromatic rings. The highest BCUT2D eigenvalue weighted by molar-refractivity contribution is 7.10. The van der Waals surface area contributed by atoms with Crippen LogP contribution in [-0.4, -0.2) is 43.5 Å². The van der Waals surface area contributed by atoms with Crippen LogP contribution in [0.5, 0.6) is 0 Å². The van der Waals surface area contributed by atoms with Crippen molar-refractivity contribution in [2.45, 2.75) is 13.0 Å². The van der Waals surface area contributed by atoms with E-state index in [4.69, 9.17) is 0 Å². The fourth-order valence-corrected chi connectivity index (χ4v) is 3.61. The van der Waals surface area contributed by atoms with E-state index in [9.17, 15) is 4.79 Å². The highest BCUT2D eigenvalue weighted by atomic mass is 35.5. The van der Waals surface area contributed by atoms with Crippen LogP contribution in [0, 0.1) is 6.92 Å². The number of aryl methyl sites for hydroxylation is 1. The Hall–Kier alpha value is -1.11. The number of nitrogens with zero attached hydrogens (tertiary/aromatic N) is 1. The standard InChI is InChI=1S/C18H23N3OS.2ClH/c1-14-4-6-15(7-5-14)18(16-3-2-12-23-16)20-17(22)13-21-10-8-19-9-11-21;;/h2-7,12,18-19H,8-11,13H2,1H3,(H,20,22);2*1H. The Balaban J connectivity index is 0.00000156. The molecule has 4 nitrogen and oxygen atoms in total. The van der Waals surface area contributed by atoms with Crippen LogP contribution in [-0.2, 0) is 4.79 Å². The molecule has 1 fully saturated rings. The lowest BCUT2D eigenvalue weighted by atomic mass is 10.0. The third kappa shape index (κ3) is 6.28. The lowest BCUT2D eigenvalue weighted by molar-refractivity contribution is -0.122. The molecule has 1 atom stereocenters. The summed E-state index contributed by atoms with van der Waals surface area (Å²) in [6, 6.07) is 12.4. The first-order chi connectivity index (χ1) is 11.2. The van der Waals surface area contributed by atoms with E-state index in [0.29, 0.717) is 6.54 Å². The maximum Gasteiger partial charge on any atom is 0.234 e. The summed E-state index contributed by atoms with van der Waals surface area (Å²) >= 11 is 1.68. The molecule has 0 aliphatic carbocycles. The number of halogens is 2. The Kier molecular flexibility index (Phi) is 9.46. The molecule has 3 rings (SSSR count). The van der Waals surface area contributed by atoms with E-state index >= 15 is 0 Å². The third-order valence-electron chi connectivity index (χ3n) is 4.12. The van der Waals surface area contributed by atoms with E-state index in [0.717, 1.165) is 31.7 Å². The summed E-state index contributed by atoms with van der Waals surface area (Å²) in [5.41, 5.74) is 2.36. The molecule has 2 heterocycles. The van der Waals surface area contributed by atoms with Gasteiger partial charge in [0.2, 0.25) is 5.91 Å². The van der Waals surface area contributed by atoms with Gasteiger partial charge in [0.05, 0.1) is 12.6 Å². The number of piperazine rings is 1. The first kappa shape index (κ1) is 21.9. The van der Waals surface area contributed by atoms with Crippen LogP contribution in [0.4, 0.5) is 0 Å². The zero-order valence-corrected chi connectivity index (χ0v) is 16.7. The fourth-order valence-electron chi connectivity index (χ4n) is 2.81. The van der Waals surface area contributed by atoms with Crippen LogP contribution in [0.3, 0.4) is 0 Å². The molecule has 25 heavy (non-hydrogen) atoms. The molecule has 0 radical (unpaired) electrons. The van der Waals surface area contributed by atoms with E-state index < -0.39 is 0 Å². The van der Waals surface area contributed by atoms with Gasteiger partial charge in [0, 0.05) is 31.1 Å². The molecular formula is C18H25Cl2N3OS. The van der Waals surface area contributed by atoms with E-state index in [-0.39, 0.29) is 36.8 Å². The summed E-state index contributed by atoms with van der Waals surface area (Å²) in [5.74, 6) is 0.0888. The summed E-state index contributed by atoms with van der Waals surface area (Å²) in [6.07, 6.45) is 0. The van der Waals surface area contributed by atoms with Gasteiger partial charge in [0.1, 0.15) is 0 Å². The number of amides is 1. The van der Waals surface area contributed by atoms with Gasteiger partial charge in [-0.3, -0.25) is 9.69 Å². The average Bonchev–Trinajstić information content (AvgIpc) is 3.09. The predicted octanol–water partition coefficient (Wildman–Crippen LogP) is 3.01. The topological polar surface area (TPSA) is 44.4 Å². The molecule has 1 saturated heterocycles. The molecule has 2 N–H and O–H groups in total. The van der Waals surface area contributed by atoms with Gasteiger partial charge in [-0.2, -0.15) is 0 Å². The SMILES string of the molecule is Cc1ccc(C(NC(=O)CN2CCNCC2)c2cccs2)cc1.Cl.Cl. The minimum atomic E-state index is -0.0639. The van der Waals surface area contributed by atoms with Crippen LogP contribution in [0.15, 0.2) is 41.8 Å². The Labute approximate surface area is 165 Å². The van der Waals surface area contributed by atoms with Crippen molar-refractivity contribution in [3.8, 4) is 0 Å². The van der Waals surface area contributed by atoms with Gasteiger partial charge in [-0.25, -0.2) is 0 Å². The van der Waals surface area contributed by atoms with Crippen molar-refractivity contribution in [1.29, 1.82) is 0 Å². The summed E-state index contributed by atoms with van der Waals surface area (Å²) in [7, 11) is 0. The first-order valence-electron chi connectivity index (χ1n) is 8.05. The number of carbonyl (C=O) groups is 1. The second kappa shape index (κ2) is 10.8. The number of rotatable bonds is 5. The lowest BCUT2D eigenvalue weighted by Gasteiger charge is -2.27. The van der Waals surface area contributed by atoms with Crippen LogP contribution in [0.25, 0.3) is 0 Å². The van der Waals surface area contributed by atoms with Crippen molar-refractivity contribution < 1.29 is 4.79 Å². The van der Waals surface area contributed by atoms with Gasteiger partial charge in [0.25, 0.3) is 0 Å². The predicted molar refractivity (Wildman–Crippen MR) is 109 cm³/mol. The fraction of sp³-hybridized carbons (Fsp3) is 0.389. The molecule has 138 valence electrons. The zero-order chi connectivity index (χ0) is 16.1. The van der Waals surface area contributed by atoms with Gasteiger partial charge >= 0.3 is 0 Å². The van der Waals surface area contributed by atoms with Crippen molar-refractivity contribution in [3.63, 3.8) is 0 Å². The molecule has 1 aromatic carbocycles. The smallest absolute Gasteiger partial charge is 0.234 e. The van der Waals surface area contributed by atoms with E-state index in [1.165, 1.54) is 10.4 Å². The van der Waals surface area contributed by atoms with Crippen LogP contribution in [0.2, 0.25) is 0 Å². The lowest BCUT2D eigenvalue weighted by Crippen LogP contribution is -2.48. The maximum atomic E-state index is 12.5. The molecule has 0 bridgehead atoms. The number of benzene rings is 1.